The maximum Gasteiger partial charge on any atom is 0.305 e. The molecule has 1 N–H and O–H groups in total. The Bertz CT molecular complexity index is 407. The van der Waals surface area contributed by atoms with Gasteiger partial charge < -0.3 is 9.30 Å². The summed E-state index contributed by atoms with van der Waals surface area (Å²) in [5, 5.41) is 9.18. The molecule has 0 fully saturated rings. The molecule has 15 heavy (non-hydrogen) atoms. The number of rotatable bonds is 5. The van der Waals surface area contributed by atoms with Crippen LogP contribution in [-0.4, -0.2) is 23.4 Å². The SMILES string of the molecule is COC(=O)CCC(=O)Cn1ccsc1=N. The van der Waals surface area contributed by atoms with Crippen molar-refractivity contribution in [3.8, 4) is 0 Å². The van der Waals surface area contributed by atoms with Crippen LogP contribution in [0.3, 0.4) is 0 Å². The van der Waals surface area contributed by atoms with Gasteiger partial charge in [-0.2, -0.15) is 0 Å². The Kier molecular flexibility index (Phi) is 4.23. The van der Waals surface area contributed by atoms with Crippen LogP contribution in [0.5, 0.6) is 0 Å². The molecule has 0 radical (unpaired) electrons. The van der Waals surface area contributed by atoms with E-state index in [9.17, 15) is 9.59 Å². The predicted octanol–water partition coefficient (Wildman–Crippen LogP) is 0.551. The van der Waals surface area contributed by atoms with Gasteiger partial charge in [0.15, 0.2) is 10.6 Å². The van der Waals surface area contributed by atoms with Crippen molar-refractivity contribution < 1.29 is 14.3 Å². The number of carbonyl (C=O) groups excluding carboxylic acids is 2. The van der Waals surface area contributed by atoms with Crippen molar-refractivity contribution in [3.63, 3.8) is 0 Å². The van der Waals surface area contributed by atoms with Crippen LogP contribution in [0.15, 0.2) is 11.6 Å². The molecule has 0 amide bonds. The lowest BCUT2D eigenvalue weighted by molar-refractivity contribution is -0.142. The molecule has 0 spiro atoms. The zero-order valence-electron chi connectivity index (χ0n) is 8.36. The molecule has 1 aromatic rings. The molecule has 5 nitrogen and oxygen atoms in total. The van der Waals surface area contributed by atoms with E-state index in [0.29, 0.717) is 4.80 Å². The van der Waals surface area contributed by atoms with E-state index in [0.717, 1.165) is 0 Å². The molecule has 82 valence electrons. The summed E-state index contributed by atoms with van der Waals surface area (Å²) in [7, 11) is 1.29. The lowest BCUT2D eigenvalue weighted by Gasteiger charge is -2.01. The summed E-state index contributed by atoms with van der Waals surface area (Å²) in [6.07, 6.45) is 1.95. The van der Waals surface area contributed by atoms with Crippen LogP contribution in [0.4, 0.5) is 0 Å². The van der Waals surface area contributed by atoms with E-state index in [4.69, 9.17) is 5.41 Å². The number of ketones is 1. The van der Waals surface area contributed by atoms with Gasteiger partial charge in [-0.05, 0) is 0 Å². The van der Waals surface area contributed by atoms with Gasteiger partial charge in [0.25, 0.3) is 0 Å². The summed E-state index contributed by atoms with van der Waals surface area (Å²) < 4.78 is 5.97. The van der Waals surface area contributed by atoms with Crippen molar-refractivity contribution in [1.82, 2.24) is 4.57 Å². The lowest BCUT2D eigenvalue weighted by atomic mass is 10.2. The fraction of sp³-hybridized carbons (Fsp3) is 0.444. The molecule has 0 saturated carbocycles. The van der Waals surface area contributed by atoms with E-state index in [-0.39, 0.29) is 31.1 Å². The molecule has 6 heteroatoms. The Labute approximate surface area is 90.8 Å². The molecule has 1 rings (SSSR count). The van der Waals surface area contributed by atoms with Gasteiger partial charge in [0, 0.05) is 18.0 Å². The third-order valence-electron chi connectivity index (χ3n) is 1.86. The average molecular weight is 228 g/mol. The van der Waals surface area contributed by atoms with Crippen molar-refractivity contribution in [2.24, 2.45) is 0 Å². The topological polar surface area (TPSA) is 72.2 Å². The summed E-state index contributed by atoms with van der Waals surface area (Å²) in [5.41, 5.74) is 0. The van der Waals surface area contributed by atoms with Gasteiger partial charge in [-0.15, -0.1) is 11.3 Å². The highest BCUT2D eigenvalue weighted by atomic mass is 32.1. The first-order valence-corrected chi connectivity index (χ1v) is 5.28. The number of methoxy groups -OCH3 is 1. The van der Waals surface area contributed by atoms with Gasteiger partial charge in [0.05, 0.1) is 20.1 Å². The van der Waals surface area contributed by atoms with E-state index >= 15 is 0 Å². The number of thiazole rings is 1. The number of nitrogens with one attached hydrogen (secondary N) is 1. The highest BCUT2D eigenvalue weighted by Gasteiger charge is 2.07. The van der Waals surface area contributed by atoms with Crippen molar-refractivity contribution in [2.75, 3.05) is 7.11 Å². The molecule has 0 bridgehead atoms. The second kappa shape index (κ2) is 5.45. The zero-order valence-corrected chi connectivity index (χ0v) is 9.17. The van der Waals surface area contributed by atoms with Crippen molar-refractivity contribution >= 4 is 23.1 Å². The second-order valence-electron chi connectivity index (χ2n) is 2.95. The van der Waals surface area contributed by atoms with Gasteiger partial charge in [0.1, 0.15) is 0 Å². The third kappa shape index (κ3) is 3.67. The molecule has 0 saturated heterocycles. The first kappa shape index (κ1) is 11.6. The molecule has 0 aliphatic carbocycles. The summed E-state index contributed by atoms with van der Waals surface area (Å²) in [5.74, 6) is -0.456. The Hall–Kier alpha value is -1.43. The lowest BCUT2D eigenvalue weighted by Crippen LogP contribution is -2.19. The second-order valence-corrected chi connectivity index (χ2v) is 3.85. The van der Waals surface area contributed by atoms with Crippen LogP contribution in [0, 0.1) is 5.41 Å². The Balaban J connectivity index is 2.40. The molecular weight excluding hydrogens is 216 g/mol. The number of hydrogen-bond acceptors (Lipinski definition) is 5. The first-order chi connectivity index (χ1) is 7.13. The standard InChI is InChI=1S/C9H12N2O3S/c1-14-8(13)3-2-7(12)6-11-4-5-15-9(11)10/h4-5,10H,2-3,6H2,1H3. The maximum atomic E-state index is 11.4. The number of hydrogen-bond donors (Lipinski definition) is 1. The fourth-order valence-electron chi connectivity index (χ4n) is 1.04. The molecule has 0 atom stereocenters. The number of esters is 1. The molecule has 1 heterocycles. The summed E-state index contributed by atoms with van der Waals surface area (Å²) in [6, 6.07) is 0. The van der Waals surface area contributed by atoms with Crippen LogP contribution in [-0.2, 0) is 20.9 Å². The quantitative estimate of drug-likeness (QED) is 0.748. The van der Waals surface area contributed by atoms with Gasteiger partial charge in [0.2, 0.25) is 0 Å². The van der Waals surface area contributed by atoms with Gasteiger partial charge in [-0.3, -0.25) is 15.0 Å². The van der Waals surface area contributed by atoms with E-state index in [2.05, 4.69) is 4.74 Å². The molecular formula is C9H12N2O3S. The molecule has 0 aromatic carbocycles. The highest BCUT2D eigenvalue weighted by molar-refractivity contribution is 7.06. The zero-order chi connectivity index (χ0) is 11.3. The smallest absolute Gasteiger partial charge is 0.305 e. The summed E-state index contributed by atoms with van der Waals surface area (Å²) in [6.45, 7) is 0.152. The number of nitrogens with zero attached hydrogens (tertiary/aromatic N) is 1. The number of carbonyl (C=O) groups is 2. The predicted molar refractivity (Wildman–Crippen MR) is 54.4 cm³/mol. The number of ether oxygens (including phenoxy) is 1. The minimum atomic E-state index is -0.384. The third-order valence-corrected chi connectivity index (χ3v) is 2.58. The minimum Gasteiger partial charge on any atom is -0.469 e. The molecule has 0 aliphatic heterocycles. The Morgan fingerprint density at radius 3 is 2.80 bits per heavy atom. The van der Waals surface area contributed by atoms with Crippen LogP contribution in [0.1, 0.15) is 12.8 Å². The van der Waals surface area contributed by atoms with Gasteiger partial charge >= 0.3 is 5.97 Å². The van der Waals surface area contributed by atoms with Crippen LogP contribution in [0.25, 0.3) is 0 Å². The monoisotopic (exact) mass is 228 g/mol. The number of Topliss-reactive ketones (excluding diaryl/α,β-unsaturated/α-hetero) is 1. The average Bonchev–Trinajstić information content (AvgIpc) is 2.61. The van der Waals surface area contributed by atoms with Gasteiger partial charge in [-0.25, -0.2) is 0 Å². The van der Waals surface area contributed by atoms with Crippen LogP contribution >= 0.6 is 11.3 Å². The van der Waals surface area contributed by atoms with E-state index in [1.54, 1.807) is 16.1 Å². The van der Waals surface area contributed by atoms with E-state index < -0.39 is 0 Å². The Morgan fingerprint density at radius 2 is 2.27 bits per heavy atom. The fourth-order valence-corrected chi connectivity index (χ4v) is 1.64. The molecule has 1 aromatic heterocycles. The normalized spacial score (nSPS) is 9.93. The molecule has 0 aliphatic rings. The summed E-state index contributed by atoms with van der Waals surface area (Å²) in [4.78, 5) is 22.5. The number of aromatic nitrogens is 1. The minimum absolute atomic E-state index is 0.0719. The van der Waals surface area contributed by atoms with Crippen molar-refractivity contribution in [2.45, 2.75) is 19.4 Å². The van der Waals surface area contributed by atoms with Crippen LogP contribution < -0.4 is 4.80 Å². The van der Waals surface area contributed by atoms with Crippen molar-refractivity contribution in [1.29, 1.82) is 5.41 Å². The van der Waals surface area contributed by atoms with E-state index in [1.807, 2.05) is 0 Å². The van der Waals surface area contributed by atoms with Crippen molar-refractivity contribution in [3.05, 3.63) is 16.4 Å². The van der Waals surface area contributed by atoms with Crippen LogP contribution in [0.2, 0.25) is 0 Å². The molecule has 0 unspecified atom stereocenters. The largest absolute Gasteiger partial charge is 0.469 e. The maximum absolute atomic E-state index is 11.4. The Morgan fingerprint density at radius 1 is 1.53 bits per heavy atom. The van der Waals surface area contributed by atoms with E-state index in [1.165, 1.54) is 18.4 Å². The summed E-state index contributed by atoms with van der Waals surface area (Å²) >= 11 is 1.26. The van der Waals surface area contributed by atoms with Gasteiger partial charge in [-0.1, -0.05) is 0 Å². The highest BCUT2D eigenvalue weighted by Crippen LogP contribution is 1.97. The first-order valence-electron chi connectivity index (χ1n) is 4.40.